The monoisotopic (exact) mass is 312 g/mol. The highest BCUT2D eigenvalue weighted by molar-refractivity contribution is 7.19. The zero-order valence-electron chi connectivity index (χ0n) is 11.8. The van der Waals surface area contributed by atoms with Gasteiger partial charge in [0.1, 0.15) is 21.5 Å². The number of aromatic nitrogens is 1. The van der Waals surface area contributed by atoms with Crippen LogP contribution in [-0.4, -0.2) is 10.9 Å². The van der Waals surface area contributed by atoms with Gasteiger partial charge in [0.2, 0.25) is 5.91 Å². The van der Waals surface area contributed by atoms with Crippen molar-refractivity contribution in [3.8, 4) is 21.8 Å². The highest BCUT2D eigenvalue weighted by Crippen LogP contribution is 2.37. The molecule has 0 bridgehead atoms. The number of thiazole rings is 1. The molecule has 1 amide bonds. The second kappa shape index (κ2) is 6.07. The van der Waals surface area contributed by atoms with Crippen molar-refractivity contribution in [3.05, 3.63) is 60.4 Å². The van der Waals surface area contributed by atoms with E-state index in [2.05, 4.69) is 10.3 Å². The van der Waals surface area contributed by atoms with Crippen LogP contribution in [0.15, 0.2) is 54.6 Å². The maximum absolute atomic E-state index is 13.1. The molecule has 0 spiro atoms. The SMILES string of the molecule is CC(=O)Nc1sc(-c2ccccc2)nc1-c1ccc(F)cc1. The van der Waals surface area contributed by atoms with Crippen LogP contribution in [0, 0.1) is 5.82 Å². The summed E-state index contributed by atoms with van der Waals surface area (Å²) in [7, 11) is 0. The van der Waals surface area contributed by atoms with E-state index in [-0.39, 0.29) is 11.7 Å². The summed E-state index contributed by atoms with van der Waals surface area (Å²) in [5, 5.41) is 4.27. The van der Waals surface area contributed by atoms with Gasteiger partial charge in [-0.25, -0.2) is 9.37 Å². The third kappa shape index (κ3) is 3.04. The first-order valence-corrected chi connectivity index (χ1v) is 7.55. The Labute approximate surface area is 131 Å². The number of hydrogen-bond acceptors (Lipinski definition) is 3. The Morgan fingerprint density at radius 2 is 1.73 bits per heavy atom. The molecule has 0 radical (unpaired) electrons. The Morgan fingerprint density at radius 1 is 1.05 bits per heavy atom. The lowest BCUT2D eigenvalue weighted by molar-refractivity contribution is -0.114. The van der Waals surface area contributed by atoms with E-state index >= 15 is 0 Å². The number of nitrogens with zero attached hydrogens (tertiary/aromatic N) is 1. The first-order valence-electron chi connectivity index (χ1n) is 6.73. The predicted octanol–water partition coefficient (Wildman–Crippen LogP) is 4.57. The van der Waals surface area contributed by atoms with Crippen molar-refractivity contribution < 1.29 is 9.18 Å². The summed E-state index contributed by atoms with van der Waals surface area (Å²) in [4.78, 5) is 16.0. The van der Waals surface area contributed by atoms with E-state index < -0.39 is 0 Å². The summed E-state index contributed by atoms with van der Waals surface area (Å²) in [6, 6.07) is 15.8. The minimum absolute atomic E-state index is 0.161. The molecule has 3 aromatic rings. The standard InChI is InChI=1S/C17H13FN2OS/c1-11(21)19-17-15(12-7-9-14(18)10-8-12)20-16(22-17)13-5-3-2-4-6-13/h2-10H,1H3,(H,19,21). The molecule has 3 rings (SSSR count). The summed E-state index contributed by atoms with van der Waals surface area (Å²) >= 11 is 1.40. The number of anilines is 1. The Morgan fingerprint density at radius 3 is 2.36 bits per heavy atom. The second-order valence-corrected chi connectivity index (χ2v) is 5.75. The summed E-state index contributed by atoms with van der Waals surface area (Å²) < 4.78 is 13.1. The Bertz CT molecular complexity index is 797. The molecule has 0 aliphatic rings. The van der Waals surface area contributed by atoms with E-state index in [0.717, 1.165) is 16.1 Å². The molecule has 2 aromatic carbocycles. The van der Waals surface area contributed by atoms with Crippen LogP contribution < -0.4 is 5.32 Å². The van der Waals surface area contributed by atoms with Gasteiger partial charge in [0.15, 0.2) is 0 Å². The van der Waals surface area contributed by atoms with Crippen LogP contribution in [0.25, 0.3) is 21.8 Å². The number of benzene rings is 2. The Hall–Kier alpha value is -2.53. The largest absolute Gasteiger partial charge is 0.316 e. The zero-order valence-corrected chi connectivity index (χ0v) is 12.7. The van der Waals surface area contributed by atoms with E-state index in [1.807, 2.05) is 30.3 Å². The molecule has 0 atom stereocenters. The van der Waals surface area contributed by atoms with Crippen molar-refractivity contribution >= 4 is 22.2 Å². The molecular formula is C17H13FN2OS. The third-order valence-corrected chi connectivity index (χ3v) is 4.07. The molecule has 0 fully saturated rings. The average molecular weight is 312 g/mol. The fourth-order valence-corrected chi connectivity index (χ4v) is 3.11. The van der Waals surface area contributed by atoms with Gasteiger partial charge in [-0.1, -0.05) is 41.7 Å². The molecule has 5 heteroatoms. The molecule has 0 saturated heterocycles. The lowest BCUT2D eigenvalue weighted by Gasteiger charge is -2.02. The normalized spacial score (nSPS) is 10.5. The lowest BCUT2D eigenvalue weighted by atomic mass is 10.1. The number of rotatable bonds is 3. The molecule has 1 heterocycles. The van der Waals surface area contributed by atoms with E-state index in [0.29, 0.717) is 10.7 Å². The van der Waals surface area contributed by atoms with Crippen LogP contribution >= 0.6 is 11.3 Å². The molecule has 110 valence electrons. The molecule has 0 saturated carbocycles. The third-order valence-electron chi connectivity index (χ3n) is 3.06. The first kappa shape index (κ1) is 14.4. The quantitative estimate of drug-likeness (QED) is 0.769. The number of halogens is 1. The van der Waals surface area contributed by atoms with Gasteiger partial charge in [-0.05, 0) is 24.3 Å². The van der Waals surface area contributed by atoms with Crippen LogP contribution in [0.3, 0.4) is 0 Å². The summed E-state index contributed by atoms with van der Waals surface area (Å²) in [6.07, 6.45) is 0. The van der Waals surface area contributed by atoms with Gasteiger partial charge < -0.3 is 5.32 Å². The molecule has 0 aliphatic carbocycles. The lowest BCUT2D eigenvalue weighted by Crippen LogP contribution is -2.05. The van der Waals surface area contributed by atoms with Crippen molar-refractivity contribution in [2.24, 2.45) is 0 Å². The molecule has 0 unspecified atom stereocenters. The first-order chi connectivity index (χ1) is 10.6. The minimum Gasteiger partial charge on any atom is -0.316 e. The number of carbonyl (C=O) groups is 1. The van der Waals surface area contributed by atoms with Gasteiger partial charge in [-0.3, -0.25) is 4.79 Å². The van der Waals surface area contributed by atoms with Gasteiger partial charge in [0, 0.05) is 18.1 Å². The minimum atomic E-state index is -0.302. The Balaban J connectivity index is 2.09. The number of hydrogen-bond donors (Lipinski definition) is 1. The maximum Gasteiger partial charge on any atom is 0.221 e. The summed E-state index contributed by atoms with van der Waals surface area (Å²) in [5.41, 5.74) is 2.40. The number of amides is 1. The van der Waals surface area contributed by atoms with Crippen molar-refractivity contribution in [2.45, 2.75) is 6.92 Å². The Kier molecular flexibility index (Phi) is 3.98. The zero-order chi connectivity index (χ0) is 15.5. The summed E-state index contributed by atoms with van der Waals surface area (Å²) in [6.45, 7) is 1.45. The number of nitrogens with one attached hydrogen (secondary N) is 1. The maximum atomic E-state index is 13.1. The molecule has 1 aromatic heterocycles. The van der Waals surface area contributed by atoms with Crippen LogP contribution in [0.2, 0.25) is 0 Å². The van der Waals surface area contributed by atoms with Gasteiger partial charge in [0.05, 0.1) is 0 Å². The van der Waals surface area contributed by atoms with Crippen molar-refractivity contribution in [3.63, 3.8) is 0 Å². The van der Waals surface area contributed by atoms with Crippen LogP contribution in [0.5, 0.6) is 0 Å². The molecular weight excluding hydrogens is 299 g/mol. The van der Waals surface area contributed by atoms with Gasteiger partial charge in [0.25, 0.3) is 0 Å². The summed E-state index contributed by atoms with van der Waals surface area (Å²) in [5.74, 6) is -0.463. The van der Waals surface area contributed by atoms with E-state index in [4.69, 9.17) is 0 Å². The molecule has 0 aliphatic heterocycles. The van der Waals surface area contributed by atoms with Crippen LogP contribution in [0.4, 0.5) is 9.39 Å². The topological polar surface area (TPSA) is 42.0 Å². The highest BCUT2D eigenvalue weighted by Gasteiger charge is 2.15. The molecule has 1 N–H and O–H groups in total. The molecule has 3 nitrogen and oxygen atoms in total. The van der Waals surface area contributed by atoms with Gasteiger partial charge >= 0.3 is 0 Å². The van der Waals surface area contributed by atoms with E-state index in [9.17, 15) is 9.18 Å². The van der Waals surface area contributed by atoms with E-state index in [1.54, 1.807) is 12.1 Å². The fourth-order valence-electron chi connectivity index (χ4n) is 2.07. The van der Waals surface area contributed by atoms with Gasteiger partial charge in [-0.15, -0.1) is 0 Å². The van der Waals surface area contributed by atoms with E-state index in [1.165, 1.54) is 30.4 Å². The van der Waals surface area contributed by atoms with Crippen LogP contribution in [-0.2, 0) is 4.79 Å². The smallest absolute Gasteiger partial charge is 0.221 e. The van der Waals surface area contributed by atoms with Crippen molar-refractivity contribution in [2.75, 3.05) is 5.32 Å². The van der Waals surface area contributed by atoms with Crippen LogP contribution in [0.1, 0.15) is 6.92 Å². The van der Waals surface area contributed by atoms with Crippen molar-refractivity contribution in [1.29, 1.82) is 0 Å². The van der Waals surface area contributed by atoms with Crippen molar-refractivity contribution in [1.82, 2.24) is 4.98 Å². The molecule has 22 heavy (non-hydrogen) atoms. The average Bonchev–Trinajstić information content (AvgIpc) is 2.92. The highest BCUT2D eigenvalue weighted by atomic mass is 32.1. The predicted molar refractivity (Wildman–Crippen MR) is 87.2 cm³/mol. The number of carbonyl (C=O) groups excluding carboxylic acids is 1. The van der Waals surface area contributed by atoms with Gasteiger partial charge in [-0.2, -0.15) is 0 Å². The second-order valence-electron chi connectivity index (χ2n) is 4.75. The fraction of sp³-hybridized carbons (Fsp3) is 0.0588.